The van der Waals surface area contributed by atoms with Gasteiger partial charge in [-0.05, 0) is 30.4 Å². The number of benzene rings is 1. The maximum Gasteiger partial charge on any atom is 0.123 e. The molecule has 2 atom stereocenters. The highest BCUT2D eigenvalue weighted by Gasteiger charge is 2.32. The molecule has 0 N–H and O–H groups in total. The van der Waals surface area contributed by atoms with Crippen LogP contribution in [0.15, 0.2) is 24.3 Å². The molecule has 13 heavy (non-hydrogen) atoms. The summed E-state index contributed by atoms with van der Waals surface area (Å²) in [5, 5.41) is 0.791. The summed E-state index contributed by atoms with van der Waals surface area (Å²) in [6.45, 7) is 0. The molecule has 0 aliphatic heterocycles. The van der Waals surface area contributed by atoms with E-state index < -0.39 is 0 Å². The number of rotatable bonds is 2. The van der Waals surface area contributed by atoms with E-state index in [-0.39, 0.29) is 5.92 Å². The number of hydrogen-bond acceptors (Lipinski definition) is 1. The van der Waals surface area contributed by atoms with E-state index >= 15 is 0 Å². The molecule has 1 aromatic rings. The van der Waals surface area contributed by atoms with Crippen molar-refractivity contribution in [2.24, 2.45) is 5.92 Å². The number of carbonyl (C=O) groups excluding carboxylic acids is 1. The SMILES string of the molecule is O=CC1CCC1c1ccccc1Cl. The Balaban J connectivity index is 2.25. The van der Waals surface area contributed by atoms with Gasteiger partial charge in [-0.3, -0.25) is 0 Å². The fourth-order valence-electron chi connectivity index (χ4n) is 1.85. The van der Waals surface area contributed by atoms with Gasteiger partial charge in [0.2, 0.25) is 0 Å². The van der Waals surface area contributed by atoms with Crippen molar-refractivity contribution < 1.29 is 4.79 Å². The van der Waals surface area contributed by atoms with E-state index in [1.807, 2.05) is 24.3 Å². The van der Waals surface area contributed by atoms with Crippen LogP contribution in [0.4, 0.5) is 0 Å². The second kappa shape index (κ2) is 3.51. The summed E-state index contributed by atoms with van der Waals surface area (Å²) in [7, 11) is 0. The van der Waals surface area contributed by atoms with Gasteiger partial charge in [0.1, 0.15) is 6.29 Å². The summed E-state index contributed by atoms with van der Waals surface area (Å²) in [6, 6.07) is 7.79. The van der Waals surface area contributed by atoms with Gasteiger partial charge in [-0.1, -0.05) is 29.8 Å². The van der Waals surface area contributed by atoms with Crippen molar-refractivity contribution in [1.29, 1.82) is 0 Å². The van der Waals surface area contributed by atoms with Gasteiger partial charge < -0.3 is 4.79 Å². The monoisotopic (exact) mass is 194 g/mol. The summed E-state index contributed by atoms with van der Waals surface area (Å²) >= 11 is 6.04. The predicted octanol–water partition coefficient (Wildman–Crippen LogP) is 3.03. The molecule has 68 valence electrons. The summed E-state index contributed by atoms with van der Waals surface area (Å²) in [5.41, 5.74) is 1.13. The van der Waals surface area contributed by atoms with Crippen LogP contribution in [0.2, 0.25) is 5.02 Å². The van der Waals surface area contributed by atoms with E-state index in [1.165, 1.54) is 0 Å². The molecule has 0 saturated heterocycles. The van der Waals surface area contributed by atoms with Gasteiger partial charge in [0.05, 0.1) is 0 Å². The lowest BCUT2D eigenvalue weighted by Gasteiger charge is -2.33. The maximum atomic E-state index is 10.6. The second-order valence-electron chi connectivity index (χ2n) is 3.51. The summed E-state index contributed by atoms with van der Waals surface area (Å²) in [4.78, 5) is 10.6. The van der Waals surface area contributed by atoms with E-state index in [4.69, 9.17) is 11.6 Å². The fraction of sp³-hybridized carbons (Fsp3) is 0.364. The van der Waals surface area contributed by atoms with Crippen LogP contribution in [0.25, 0.3) is 0 Å². The quantitative estimate of drug-likeness (QED) is 0.662. The first-order chi connectivity index (χ1) is 6.33. The highest BCUT2D eigenvalue weighted by Crippen LogP contribution is 2.43. The summed E-state index contributed by atoms with van der Waals surface area (Å²) < 4.78 is 0. The van der Waals surface area contributed by atoms with Crippen molar-refractivity contribution in [1.82, 2.24) is 0 Å². The third kappa shape index (κ3) is 1.49. The van der Waals surface area contributed by atoms with Gasteiger partial charge in [0.15, 0.2) is 0 Å². The number of halogens is 1. The Morgan fingerprint density at radius 2 is 2.08 bits per heavy atom. The normalized spacial score (nSPS) is 26.5. The molecular formula is C11H11ClO. The van der Waals surface area contributed by atoms with Gasteiger partial charge in [-0.15, -0.1) is 0 Å². The molecule has 2 rings (SSSR count). The van der Waals surface area contributed by atoms with Crippen LogP contribution in [-0.4, -0.2) is 6.29 Å². The maximum absolute atomic E-state index is 10.6. The molecule has 2 heteroatoms. The Labute approximate surface area is 82.7 Å². The smallest absolute Gasteiger partial charge is 0.123 e. The van der Waals surface area contributed by atoms with Gasteiger partial charge in [0, 0.05) is 10.9 Å². The lowest BCUT2D eigenvalue weighted by Crippen LogP contribution is -2.25. The molecule has 1 saturated carbocycles. The van der Waals surface area contributed by atoms with Crippen LogP contribution < -0.4 is 0 Å². The van der Waals surface area contributed by atoms with Crippen molar-refractivity contribution in [2.45, 2.75) is 18.8 Å². The molecule has 2 unspecified atom stereocenters. The summed E-state index contributed by atoms with van der Waals surface area (Å²) in [5.74, 6) is 0.561. The van der Waals surface area contributed by atoms with Crippen molar-refractivity contribution in [3.63, 3.8) is 0 Å². The average molecular weight is 195 g/mol. The van der Waals surface area contributed by atoms with Crippen molar-refractivity contribution in [3.05, 3.63) is 34.9 Å². The Morgan fingerprint density at radius 1 is 1.31 bits per heavy atom. The number of hydrogen-bond donors (Lipinski definition) is 0. The van der Waals surface area contributed by atoms with Crippen LogP contribution in [0, 0.1) is 5.92 Å². The van der Waals surface area contributed by atoms with Crippen LogP contribution in [-0.2, 0) is 4.79 Å². The van der Waals surface area contributed by atoms with Crippen molar-refractivity contribution in [3.8, 4) is 0 Å². The van der Waals surface area contributed by atoms with Gasteiger partial charge >= 0.3 is 0 Å². The first-order valence-electron chi connectivity index (χ1n) is 4.52. The zero-order valence-corrected chi connectivity index (χ0v) is 8.00. The first kappa shape index (κ1) is 8.76. The third-order valence-electron chi connectivity index (χ3n) is 2.81. The van der Waals surface area contributed by atoms with E-state index in [9.17, 15) is 4.79 Å². The van der Waals surface area contributed by atoms with Crippen LogP contribution in [0.3, 0.4) is 0 Å². The summed E-state index contributed by atoms with van der Waals surface area (Å²) in [6.07, 6.45) is 3.16. The Bertz CT molecular complexity index is 322. The van der Waals surface area contributed by atoms with E-state index in [0.717, 1.165) is 29.7 Å². The van der Waals surface area contributed by atoms with Gasteiger partial charge in [-0.25, -0.2) is 0 Å². The van der Waals surface area contributed by atoms with Gasteiger partial charge in [-0.2, -0.15) is 0 Å². The molecule has 1 nitrogen and oxygen atoms in total. The standard InChI is InChI=1S/C11H11ClO/c12-11-4-2-1-3-10(11)9-6-5-8(9)7-13/h1-4,7-9H,5-6H2. The molecule has 1 aromatic carbocycles. The molecular weight excluding hydrogens is 184 g/mol. The molecule has 0 aromatic heterocycles. The molecule has 1 aliphatic rings. The zero-order chi connectivity index (χ0) is 9.26. The lowest BCUT2D eigenvalue weighted by atomic mass is 9.71. The lowest BCUT2D eigenvalue weighted by molar-refractivity contribution is -0.113. The molecule has 0 spiro atoms. The second-order valence-corrected chi connectivity index (χ2v) is 3.91. The average Bonchev–Trinajstić information content (AvgIpc) is 2.08. The minimum Gasteiger partial charge on any atom is -0.303 e. The third-order valence-corrected chi connectivity index (χ3v) is 3.15. The molecule has 0 heterocycles. The minimum atomic E-state index is 0.194. The first-order valence-corrected chi connectivity index (χ1v) is 4.90. The molecule has 0 bridgehead atoms. The van der Waals surface area contributed by atoms with E-state index in [2.05, 4.69) is 0 Å². The van der Waals surface area contributed by atoms with Crippen LogP contribution in [0.1, 0.15) is 24.3 Å². The number of aldehydes is 1. The zero-order valence-electron chi connectivity index (χ0n) is 7.24. The molecule has 0 amide bonds. The van der Waals surface area contributed by atoms with Crippen molar-refractivity contribution in [2.75, 3.05) is 0 Å². The molecule has 1 fully saturated rings. The minimum absolute atomic E-state index is 0.194. The molecule has 0 radical (unpaired) electrons. The van der Waals surface area contributed by atoms with Crippen LogP contribution >= 0.6 is 11.6 Å². The highest BCUT2D eigenvalue weighted by molar-refractivity contribution is 6.31. The Hall–Kier alpha value is -0.820. The van der Waals surface area contributed by atoms with E-state index in [0.29, 0.717) is 5.92 Å². The Kier molecular flexibility index (Phi) is 2.36. The van der Waals surface area contributed by atoms with Crippen LogP contribution in [0.5, 0.6) is 0 Å². The Morgan fingerprint density at radius 3 is 2.62 bits per heavy atom. The predicted molar refractivity (Wildman–Crippen MR) is 53.0 cm³/mol. The van der Waals surface area contributed by atoms with Crippen molar-refractivity contribution >= 4 is 17.9 Å². The molecule has 1 aliphatic carbocycles. The highest BCUT2D eigenvalue weighted by atomic mass is 35.5. The fourth-order valence-corrected chi connectivity index (χ4v) is 2.13. The largest absolute Gasteiger partial charge is 0.303 e. The van der Waals surface area contributed by atoms with Gasteiger partial charge in [0.25, 0.3) is 0 Å². The van der Waals surface area contributed by atoms with E-state index in [1.54, 1.807) is 0 Å². The number of carbonyl (C=O) groups is 1. The topological polar surface area (TPSA) is 17.1 Å².